The van der Waals surface area contributed by atoms with E-state index in [-0.39, 0.29) is 57.2 Å². The Kier molecular flexibility index (Phi) is 11.6. The summed E-state index contributed by atoms with van der Waals surface area (Å²) in [6.07, 6.45) is 2.56. The minimum Gasteiger partial charge on any atom is -0.462 e. The Morgan fingerprint density at radius 2 is 1.70 bits per heavy atom. The normalized spacial score (nSPS) is 31.5. The van der Waals surface area contributed by atoms with Crippen molar-refractivity contribution in [3.8, 4) is 0 Å². The summed E-state index contributed by atoms with van der Waals surface area (Å²) in [5, 5.41) is 17.0. The first-order valence-corrected chi connectivity index (χ1v) is 21.5. The Balaban J connectivity index is 0.997. The number of carbonyl (C=O) groups is 6. The molecule has 1 aromatic carbocycles. The molecule has 1 aromatic rings. The van der Waals surface area contributed by atoms with Gasteiger partial charge in [-0.2, -0.15) is 5.06 Å². The zero-order valence-corrected chi connectivity index (χ0v) is 35.3. The molecule has 4 heterocycles. The lowest BCUT2D eigenvalue weighted by Crippen LogP contribution is -2.69. The van der Waals surface area contributed by atoms with E-state index in [4.69, 9.17) is 33.3 Å². The van der Waals surface area contributed by atoms with Gasteiger partial charge in [0.2, 0.25) is 17.9 Å². The third-order valence-electron chi connectivity index (χ3n) is 12.8. The molecule has 2 amide bonds. The number of nitrogens with zero attached hydrogens (tertiary/aromatic N) is 1. The minimum absolute atomic E-state index is 0.000486. The molecule has 4 aliphatic heterocycles. The van der Waals surface area contributed by atoms with Gasteiger partial charge in [0.15, 0.2) is 11.8 Å². The Morgan fingerprint density at radius 1 is 1.00 bits per heavy atom. The lowest BCUT2D eigenvalue weighted by molar-refractivity contribution is -0.235. The van der Waals surface area contributed by atoms with Crippen LogP contribution in [-0.4, -0.2) is 120 Å². The molecule has 0 aromatic heterocycles. The molecular weight excluding hydrogens is 794 g/mol. The van der Waals surface area contributed by atoms with Gasteiger partial charge >= 0.3 is 23.9 Å². The topological polar surface area (TPSA) is 215 Å². The fourth-order valence-corrected chi connectivity index (χ4v) is 9.57. The molecule has 7 aliphatic rings. The van der Waals surface area contributed by atoms with Gasteiger partial charge in [0, 0.05) is 49.1 Å². The van der Waals surface area contributed by atoms with Crippen LogP contribution in [0.2, 0.25) is 0 Å². The van der Waals surface area contributed by atoms with Crippen molar-refractivity contribution in [2.75, 3.05) is 19.8 Å². The van der Waals surface area contributed by atoms with Gasteiger partial charge in [-0.15, -0.1) is 0 Å². The number of fused-ring (bicyclic) bond motifs is 4. The first-order chi connectivity index (χ1) is 28.9. The number of rotatable bonds is 16. The number of carbonyl (C=O) groups excluding carboxylic acids is 6. The average molecular weight is 852 g/mol. The first kappa shape index (κ1) is 43.2. The molecule has 3 saturated carbocycles. The largest absolute Gasteiger partial charge is 0.462 e. The molecule has 17 nitrogen and oxygen atoms in total. The van der Waals surface area contributed by atoms with Gasteiger partial charge in [-0.05, 0) is 70.1 Å². The van der Waals surface area contributed by atoms with Crippen LogP contribution in [-0.2, 0) is 68.6 Å². The van der Waals surface area contributed by atoms with Crippen molar-refractivity contribution >= 4 is 41.8 Å². The zero-order valence-electron chi connectivity index (χ0n) is 35.3. The van der Waals surface area contributed by atoms with Crippen molar-refractivity contribution in [1.82, 2.24) is 15.7 Å². The highest BCUT2D eigenvalue weighted by Crippen LogP contribution is 2.63. The molecule has 8 atom stereocenters. The third kappa shape index (κ3) is 8.55. The number of aliphatic hydroxyl groups excluding tert-OH is 1. The summed E-state index contributed by atoms with van der Waals surface area (Å²) in [5.74, 6) is -3.82. The predicted octanol–water partition coefficient (Wildman–Crippen LogP) is 2.40. The van der Waals surface area contributed by atoms with Gasteiger partial charge < -0.3 is 44.2 Å². The smallest absolute Gasteiger partial charge is 0.348 e. The van der Waals surface area contributed by atoms with Crippen LogP contribution in [0.3, 0.4) is 0 Å². The summed E-state index contributed by atoms with van der Waals surface area (Å²) < 4.78 is 35.8. The number of hydroxylamine groups is 2. The van der Waals surface area contributed by atoms with Crippen LogP contribution in [0.5, 0.6) is 0 Å². The van der Waals surface area contributed by atoms with Crippen LogP contribution in [0.25, 0.3) is 6.08 Å². The van der Waals surface area contributed by atoms with Gasteiger partial charge in [0.05, 0.1) is 19.2 Å². The maximum atomic E-state index is 14.7. The second kappa shape index (κ2) is 16.4. The molecule has 3 N–H and O–H groups in total. The number of hydrogen-bond acceptors (Lipinski definition) is 15. The Labute approximate surface area is 354 Å². The van der Waals surface area contributed by atoms with Crippen molar-refractivity contribution in [2.24, 2.45) is 22.7 Å². The molecule has 8 unspecified atom stereocenters. The number of esters is 4. The fraction of sp³-hybridized carbons (Fsp3) is 0.682. The number of ether oxygens (including phenoxy) is 6. The highest BCUT2D eigenvalue weighted by Gasteiger charge is 2.78. The quantitative estimate of drug-likeness (QED) is 0.124. The molecule has 332 valence electrons. The van der Waals surface area contributed by atoms with Gasteiger partial charge in [0.25, 0.3) is 0 Å². The van der Waals surface area contributed by atoms with E-state index < -0.39 is 107 Å². The molecule has 0 spiro atoms. The van der Waals surface area contributed by atoms with Crippen molar-refractivity contribution in [3.63, 3.8) is 0 Å². The van der Waals surface area contributed by atoms with E-state index in [2.05, 4.69) is 10.6 Å². The van der Waals surface area contributed by atoms with E-state index >= 15 is 0 Å². The molecule has 17 heteroatoms. The maximum Gasteiger partial charge on any atom is 0.348 e. The lowest BCUT2D eigenvalue weighted by atomic mass is 9.62. The van der Waals surface area contributed by atoms with E-state index in [0.29, 0.717) is 11.1 Å². The fourth-order valence-electron chi connectivity index (χ4n) is 9.57. The van der Waals surface area contributed by atoms with Crippen molar-refractivity contribution in [3.05, 3.63) is 41.5 Å². The summed E-state index contributed by atoms with van der Waals surface area (Å²) in [4.78, 5) is 86.1. The second-order valence-corrected chi connectivity index (χ2v) is 19.2. The van der Waals surface area contributed by atoms with Gasteiger partial charge in [-0.1, -0.05) is 38.1 Å². The number of aliphatic hydroxyl groups is 1. The van der Waals surface area contributed by atoms with Crippen molar-refractivity contribution in [2.45, 2.75) is 147 Å². The van der Waals surface area contributed by atoms with E-state index in [1.807, 2.05) is 6.07 Å². The highest BCUT2D eigenvalue weighted by atomic mass is 16.8. The molecular formula is C44H57N3O14. The second-order valence-electron chi connectivity index (χ2n) is 19.2. The van der Waals surface area contributed by atoms with Crippen LogP contribution in [0, 0.1) is 22.7 Å². The first-order valence-electron chi connectivity index (χ1n) is 21.5. The van der Waals surface area contributed by atoms with Crippen molar-refractivity contribution in [1.29, 1.82) is 0 Å². The van der Waals surface area contributed by atoms with E-state index in [1.54, 1.807) is 58.9 Å². The summed E-state index contributed by atoms with van der Waals surface area (Å²) in [5.41, 5.74) is -1.57. The third-order valence-corrected chi connectivity index (χ3v) is 12.8. The average Bonchev–Trinajstić information content (AvgIpc) is 4.14. The lowest BCUT2D eigenvalue weighted by Gasteiger charge is -2.48. The summed E-state index contributed by atoms with van der Waals surface area (Å²) in [7, 11) is 0. The standard InChI is InChI=1S/C44H57N3O14/c1-41(2,3)58-32(51)17-15-28(22-48)46-30(49)18-19-45-40(54)43-20-29-33-34(60-44(59-33,26-11-12-26)27-13-14-27)36(43)61-47(35(43)38(52)56-29)21-25-9-7-6-8-24(25)10-16-31(50)57-37-39(53)55-23-42(37,4)5/h6-10,16,26-29,33-37,48H,11-15,17-23H2,1-5H3,(H,45,54)(H,46,49). The van der Waals surface area contributed by atoms with E-state index in [9.17, 15) is 33.9 Å². The molecule has 7 fully saturated rings. The molecule has 3 aliphatic carbocycles. The molecule has 4 saturated heterocycles. The number of amides is 2. The number of benzene rings is 1. The number of hydrogen-bond donors (Lipinski definition) is 3. The monoisotopic (exact) mass is 851 g/mol. The predicted molar refractivity (Wildman–Crippen MR) is 211 cm³/mol. The van der Waals surface area contributed by atoms with E-state index in [0.717, 1.165) is 25.7 Å². The molecule has 61 heavy (non-hydrogen) atoms. The Bertz CT molecular complexity index is 1940. The van der Waals surface area contributed by atoms with E-state index in [1.165, 1.54) is 11.1 Å². The van der Waals surface area contributed by atoms with Crippen molar-refractivity contribution < 1.29 is 67.1 Å². The van der Waals surface area contributed by atoms with Gasteiger partial charge in [-0.3, -0.25) is 24.0 Å². The molecule has 8 rings (SSSR count). The van der Waals surface area contributed by atoms with Crippen LogP contribution < -0.4 is 10.6 Å². The van der Waals surface area contributed by atoms with Gasteiger partial charge in [0.1, 0.15) is 42.0 Å². The van der Waals surface area contributed by atoms with Crippen LogP contribution in [0.4, 0.5) is 0 Å². The zero-order chi connectivity index (χ0) is 43.5. The number of nitrogens with one attached hydrogen (secondary N) is 2. The summed E-state index contributed by atoms with van der Waals surface area (Å²) in [6, 6.07) is 5.28. The summed E-state index contributed by atoms with van der Waals surface area (Å²) >= 11 is 0. The minimum atomic E-state index is -1.48. The summed E-state index contributed by atoms with van der Waals surface area (Å²) in [6.45, 7) is 8.49. The number of cyclic esters (lactones) is 1. The Morgan fingerprint density at radius 3 is 2.36 bits per heavy atom. The van der Waals surface area contributed by atoms with Crippen LogP contribution >= 0.6 is 0 Å². The molecule has 0 radical (unpaired) electrons. The Hall–Kier alpha value is -4.42. The SMILES string of the molecule is CC(C)(C)OC(=O)CCC(CO)NC(=O)CCNC(=O)C12CC3OC(=O)C1N(Cc1ccccc1C=CC(=O)OC1C(=O)OCC1(C)C)OC2C1OC(C2CC2)(C2CC2)OC31. The van der Waals surface area contributed by atoms with Gasteiger partial charge in [-0.25, -0.2) is 9.59 Å². The molecule has 2 bridgehead atoms. The van der Waals surface area contributed by atoms with Crippen LogP contribution in [0.15, 0.2) is 30.3 Å². The van der Waals surface area contributed by atoms with Crippen LogP contribution in [0.1, 0.15) is 97.1 Å². The maximum absolute atomic E-state index is 14.7. The highest BCUT2D eigenvalue weighted by molar-refractivity contribution is 5.94.